The van der Waals surface area contributed by atoms with Crippen molar-refractivity contribution in [3.8, 4) is 5.75 Å². The minimum absolute atomic E-state index is 0.600. The van der Waals surface area contributed by atoms with Crippen LogP contribution in [0, 0.1) is 5.92 Å². The number of rotatable bonds is 7. The summed E-state index contributed by atoms with van der Waals surface area (Å²) < 4.78 is 6.06. The third kappa shape index (κ3) is 4.22. The summed E-state index contributed by atoms with van der Waals surface area (Å²) in [4.78, 5) is 0. The van der Waals surface area contributed by atoms with Gasteiger partial charge in [0.1, 0.15) is 12.4 Å². The molecular formula is C24H28O. The first-order valence-electron chi connectivity index (χ1n) is 9.38. The fourth-order valence-corrected chi connectivity index (χ4v) is 3.59. The molecule has 0 aliphatic rings. The van der Waals surface area contributed by atoms with Crippen LogP contribution in [-0.4, -0.2) is 0 Å². The van der Waals surface area contributed by atoms with Gasteiger partial charge in [-0.25, -0.2) is 0 Å². The molecule has 0 bridgehead atoms. The molecule has 0 amide bonds. The van der Waals surface area contributed by atoms with Gasteiger partial charge in [-0.05, 0) is 52.3 Å². The van der Waals surface area contributed by atoms with Gasteiger partial charge in [-0.2, -0.15) is 0 Å². The van der Waals surface area contributed by atoms with Crippen LogP contribution in [0.2, 0.25) is 0 Å². The minimum Gasteiger partial charge on any atom is -0.489 e. The second kappa shape index (κ2) is 8.20. The van der Waals surface area contributed by atoms with Crippen molar-refractivity contribution in [2.24, 2.45) is 5.92 Å². The van der Waals surface area contributed by atoms with E-state index in [1.165, 1.54) is 34.7 Å². The minimum atomic E-state index is 0.600. The highest BCUT2D eigenvalue weighted by Crippen LogP contribution is 2.30. The van der Waals surface area contributed by atoms with Crippen molar-refractivity contribution in [1.29, 1.82) is 0 Å². The Bertz CT molecular complexity index is 796. The third-order valence-corrected chi connectivity index (χ3v) is 4.99. The zero-order valence-corrected chi connectivity index (χ0v) is 15.5. The van der Waals surface area contributed by atoms with Crippen molar-refractivity contribution in [2.75, 3.05) is 0 Å². The first-order chi connectivity index (χ1) is 12.2. The van der Waals surface area contributed by atoms with E-state index in [2.05, 4.69) is 87.5 Å². The predicted octanol–water partition coefficient (Wildman–Crippen LogP) is 6.96. The van der Waals surface area contributed by atoms with Gasteiger partial charge in [0.15, 0.2) is 0 Å². The van der Waals surface area contributed by atoms with E-state index in [4.69, 9.17) is 4.74 Å². The largest absolute Gasteiger partial charge is 0.489 e. The maximum absolute atomic E-state index is 6.06. The van der Waals surface area contributed by atoms with Gasteiger partial charge in [-0.1, -0.05) is 81.8 Å². The zero-order chi connectivity index (χ0) is 17.6. The molecule has 0 saturated heterocycles. The van der Waals surface area contributed by atoms with E-state index < -0.39 is 0 Å². The van der Waals surface area contributed by atoms with Crippen molar-refractivity contribution in [1.82, 2.24) is 0 Å². The van der Waals surface area contributed by atoms with Gasteiger partial charge in [0.25, 0.3) is 0 Å². The molecule has 0 aliphatic heterocycles. The van der Waals surface area contributed by atoms with Crippen LogP contribution in [0.4, 0.5) is 0 Å². The van der Waals surface area contributed by atoms with E-state index >= 15 is 0 Å². The van der Waals surface area contributed by atoms with Crippen LogP contribution < -0.4 is 4.74 Å². The maximum atomic E-state index is 6.06. The Morgan fingerprint density at radius 3 is 2.28 bits per heavy atom. The summed E-state index contributed by atoms with van der Waals surface area (Å²) in [5, 5.41) is 2.53. The van der Waals surface area contributed by atoms with Crippen LogP contribution in [0.15, 0.2) is 66.7 Å². The van der Waals surface area contributed by atoms with Crippen molar-refractivity contribution < 1.29 is 4.74 Å². The summed E-state index contributed by atoms with van der Waals surface area (Å²) in [6, 6.07) is 23.6. The summed E-state index contributed by atoms with van der Waals surface area (Å²) in [5.41, 5.74) is 2.66. The molecule has 1 unspecified atom stereocenters. The van der Waals surface area contributed by atoms with Crippen LogP contribution in [0.3, 0.4) is 0 Å². The fraction of sp³-hybridized carbons (Fsp3) is 0.333. The Hall–Kier alpha value is -2.28. The molecule has 25 heavy (non-hydrogen) atoms. The molecule has 3 aromatic rings. The van der Waals surface area contributed by atoms with Gasteiger partial charge in [0.2, 0.25) is 0 Å². The molecule has 0 heterocycles. The Labute approximate surface area is 151 Å². The summed E-state index contributed by atoms with van der Waals surface area (Å²) in [6.07, 6.45) is 2.47. The SMILES string of the molecule is CCCC(c1ccc(OCc2cccc3ccccc23)cc1)C(C)C. The molecule has 0 N–H and O–H groups in total. The average Bonchev–Trinajstić information content (AvgIpc) is 2.64. The first kappa shape index (κ1) is 17.5. The normalized spacial score (nSPS) is 12.5. The molecule has 130 valence electrons. The average molecular weight is 332 g/mol. The summed E-state index contributed by atoms with van der Waals surface area (Å²) in [7, 11) is 0. The monoisotopic (exact) mass is 332 g/mol. The molecule has 0 fully saturated rings. The van der Waals surface area contributed by atoms with Gasteiger partial charge in [0, 0.05) is 0 Å². The number of benzene rings is 3. The fourth-order valence-electron chi connectivity index (χ4n) is 3.59. The predicted molar refractivity (Wildman–Crippen MR) is 107 cm³/mol. The van der Waals surface area contributed by atoms with Crippen molar-refractivity contribution in [3.63, 3.8) is 0 Å². The quantitative estimate of drug-likeness (QED) is 0.454. The van der Waals surface area contributed by atoms with E-state index in [0.717, 1.165) is 5.75 Å². The Morgan fingerprint density at radius 2 is 1.56 bits per heavy atom. The lowest BCUT2D eigenvalue weighted by Gasteiger charge is -2.21. The van der Waals surface area contributed by atoms with Gasteiger partial charge >= 0.3 is 0 Å². The molecular weight excluding hydrogens is 304 g/mol. The van der Waals surface area contributed by atoms with E-state index in [0.29, 0.717) is 18.4 Å². The van der Waals surface area contributed by atoms with E-state index in [1.54, 1.807) is 0 Å². The standard InChI is InChI=1S/C24H28O/c1-4-8-23(18(2)3)20-13-15-22(16-14-20)25-17-21-11-7-10-19-9-5-6-12-24(19)21/h5-7,9-16,18,23H,4,8,17H2,1-3H3. The first-order valence-corrected chi connectivity index (χ1v) is 9.38. The second-order valence-electron chi connectivity index (χ2n) is 7.14. The lowest BCUT2D eigenvalue weighted by Crippen LogP contribution is -2.06. The Balaban J connectivity index is 1.71. The van der Waals surface area contributed by atoms with Crippen LogP contribution in [0.5, 0.6) is 5.75 Å². The number of hydrogen-bond donors (Lipinski definition) is 0. The van der Waals surface area contributed by atoms with Gasteiger partial charge in [-0.3, -0.25) is 0 Å². The maximum Gasteiger partial charge on any atom is 0.119 e. The van der Waals surface area contributed by atoms with E-state index in [-0.39, 0.29) is 0 Å². The van der Waals surface area contributed by atoms with Crippen LogP contribution in [0.25, 0.3) is 10.8 Å². The van der Waals surface area contributed by atoms with E-state index in [1.807, 2.05) is 0 Å². The molecule has 3 aromatic carbocycles. The molecule has 0 saturated carbocycles. The second-order valence-corrected chi connectivity index (χ2v) is 7.14. The summed E-state index contributed by atoms with van der Waals surface area (Å²) in [5.74, 6) is 2.25. The molecule has 0 aliphatic carbocycles. The van der Waals surface area contributed by atoms with E-state index in [9.17, 15) is 0 Å². The van der Waals surface area contributed by atoms with Crippen molar-refractivity contribution in [2.45, 2.75) is 46.1 Å². The molecule has 0 aromatic heterocycles. The van der Waals surface area contributed by atoms with Gasteiger partial charge in [0.05, 0.1) is 0 Å². The Morgan fingerprint density at radius 1 is 0.840 bits per heavy atom. The molecule has 1 heteroatoms. The van der Waals surface area contributed by atoms with Gasteiger partial charge in [-0.15, -0.1) is 0 Å². The third-order valence-electron chi connectivity index (χ3n) is 4.99. The molecule has 1 nitrogen and oxygen atoms in total. The van der Waals surface area contributed by atoms with Crippen molar-refractivity contribution >= 4 is 10.8 Å². The highest BCUT2D eigenvalue weighted by molar-refractivity contribution is 5.85. The summed E-state index contributed by atoms with van der Waals surface area (Å²) >= 11 is 0. The number of fused-ring (bicyclic) bond motifs is 1. The molecule has 0 spiro atoms. The molecule has 1 atom stereocenters. The highest BCUT2D eigenvalue weighted by Gasteiger charge is 2.14. The van der Waals surface area contributed by atoms with Crippen molar-refractivity contribution in [3.05, 3.63) is 77.9 Å². The van der Waals surface area contributed by atoms with Crippen LogP contribution in [-0.2, 0) is 6.61 Å². The zero-order valence-electron chi connectivity index (χ0n) is 15.5. The lowest BCUT2D eigenvalue weighted by molar-refractivity contribution is 0.307. The number of ether oxygens (including phenoxy) is 1. The summed E-state index contributed by atoms with van der Waals surface area (Å²) in [6.45, 7) is 7.48. The number of hydrogen-bond acceptors (Lipinski definition) is 1. The topological polar surface area (TPSA) is 9.23 Å². The Kier molecular flexibility index (Phi) is 5.75. The van der Waals surface area contributed by atoms with Crippen LogP contribution in [0.1, 0.15) is 50.7 Å². The van der Waals surface area contributed by atoms with Crippen LogP contribution >= 0.6 is 0 Å². The van der Waals surface area contributed by atoms with Gasteiger partial charge < -0.3 is 4.74 Å². The highest BCUT2D eigenvalue weighted by atomic mass is 16.5. The lowest BCUT2D eigenvalue weighted by atomic mass is 9.85. The smallest absolute Gasteiger partial charge is 0.119 e. The molecule has 0 radical (unpaired) electrons. The molecule has 3 rings (SSSR count).